The maximum atomic E-state index is 13.5. The summed E-state index contributed by atoms with van der Waals surface area (Å²) in [5.41, 5.74) is -3.82. The molecule has 1 aliphatic rings. The van der Waals surface area contributed by atoms with Crippen molar-refractivity contribution in [3.8, 4) is 17.2 Å². The van der Waals surface area contributed by atoms with Crippen LogP contribution in [-0.2, 0) is 22.4 Å². The first-order valence-corrected chi connectivity index (χ1v) is 11.2. The van der Waals surface area contributed by atoms with Crippen LogP contribution in [0, 0.1) is 0 Å². The van der Waals surface area contributed by atoms with Crippen LogP contribution in [0.25, 0.3) is 0 Å². The van der Waals surface area contributed by atoms with Crippen molar-refractivity contribution in [1.82, 2.24) is 0 Å². The van der Waals surface area contributed by atoms with E-state index in [1.807, 2.05) is 0 Å². The number of methoxy groups -OCH3 is 1. The highest BCUT2D eigenvalue weighted by molar-refractivity contribution is 7.92. The van der Waals surface area contributed by atoms with Crippen molar-refractivity contribution in [1.29, 1.82) is 0 Å². The molecule has 186 valence electrons. The Morgan fingerprint density at radius 2 is 1.40 bits per heavy atom. The molecule has 1 heterocycles. The Balaban J connectivity index is 1.66. The molecule has 0 saturated carbocycles. The number of benzene rings is 3. The Bertz CT molecular complexity index is 1320. The van der Waals surface area contributed by atoms with Gasteiger partial charge in [-0.2, -0.15) is 26.3 Å². The Hall–Kier alpha value is -3.61. The topological polar surface area (TPSA) is 73.9 Å². The van der Waals surface area contributed by atoms with Crippen LogP contribution in [0.3, 0.4) is 0 Å². The minimum absolute atomic E-state index is 0.00408. The molecule has 3 aromatic rings. The number of sulfonamides is 1. The number of hydrogen-bond acceptors (Lipinski definition) is 5. The van der Waals surface area contributed by atoms with E-state index in [0.29, 0.717) is 19.2 Å². The molecule has 6 nitrogen and oxygen atoms in total. The van der Waals surface area contributed by atoms with Crippen molar-refractivity contribution in [3.63, 3.8) is 0 Å². The van der Waals surface area contributed by atoms with Crippen molar-refractivity contribution in [3.05, 3.63) is 77.4 Å². The predicted molar refractivity (Wildman–Crippen MR) is 111 cm³/mol. The molecular formula is C22H15F6NO5S. The van der Waals surface area contributed by atoms with Crippen molar-refractivity contribution >= 4 is 15.7 Å². The quantitative estimate of drug-likeness (QED) is 0.419. The lowest BCUT2D eigenvalue weighted by atomic mass is 10.0. The second-order valence-electron chi connectivity index (χ2n) is 7.29. The van der Waals surface area contributed by atoms with Crippen LogP contribution >= 0.6 is 0 Å². The Kier molecular flexibility index (Phi) is 5.99. The molecular weight excluding hydrogens is 504 g/mol. The SMILES string of the molecule is COc1c(C(F)(F)F)cc(C2Oc3ccc(NS(=O)(=O)c4ccccc4)cc3O2)cc1C(F)(F)F. The molecule has 1 aliphatic heterocycles. The van der Waals surface area contributed by atoms with Crippen LogP contribution in [0.5, 0.6) is 17.2 Å². The molecule has 1 unspecified atom stereocenters. The summed E-state index contributed by atoms with van der Waals surface area (Å²) < 4.78 is 124. The maximum Gasteiger partial charge on any atom is 0.419 e. The summed E-state index contributed by atoms with van der Waals surface area (Å²) in [6, 6.07) is 12.1. The molecule has 4 rings (SSSR count). The van der Waals surface area contributed by atoms with Crippen LogP contribution in [-0.4, -0.2) is 15.5 Å². The van der Waals surface area contributed by atoms with Gasteiger partial charge in [0.15, 0.2) is 11.5 Å². The highest BCUT2D eigenvalue weighted by Crippen LogP contribution is 2.48. The number of hydrogen-bond donors (Lipinski definition) is 1. The molecule has 13 heteroatoms. The third-order valence-corrected chi connectivity index (χ3v) is 6.31. The van der Waals surface area contributed by atoms with Gasteiger partial charge in [-0.15, -0.1) is 0 Å². The number of nitrogens with one attached hydrogen (secondary N) is 1. The van der Waals surface area contributed by atoms with Crippen LogP contribution < -0.4 is 18.9 Å². The molecule has 0 fully saturated rings. The Labute approximate surface area is 195 Å². The van der Waals surface area contributed by atoms with Gasteiger partial charge in [-0.3, -0.25) is 4.72 Å². The molecule has 0 bridgehead atoms. The average Bonchev–Trinajstić information content (AvgIpc) is 3.20. The molecule has 0 spiro atoms. The summed E-state index contributed by atoms with van der Waals surface area (Å²) in [4.78, 5) is -0.0202. The van der Waals surface area contributed by atoms with Crippen molar-refractivity contribution < 1.29 is 49.0 Å². The lowest BCUT2D eigenvalue weighted by Gasteiger charge is -2.20. The summed E-state index contributed by atoms with van der Waals surface area (Å²) in [6.45, 7) is 0. The first kappa shape index (κ1) is 24.5. The molecule has 1 atom stereocenters. The van der Waals surface area contributed by atoms with E-state index in [4.69, 9.17) is 9.47 Å². The van der Waals surface area contributed by atoms with Gasteiger partial charge in [0.05, 0.1) is 28.8 Å². The fourth-order valence-electron chi connectivity index (χ4n) is 3.39. The largest absolute Gasteiger partial charge is 0.495 e. The van der Waals surface area contributed by atoms with Crippen LogP contribution in [0.1, 0.15) is 23.0 Å². The van der Waals surface area contributed by atoms with Gasteiger partial charge in [-0.1, -0.05) is 18.2 Å². The van der Waals surface area contributed by atoms with Gasteiger partial charge in [-0.05, 0) is 36.4 Å². The van der Waals surface area contributed by atoms with Crippen molar-refractivity contribution in [2.75, 3.05) is 11.8 Å². The van der Waals surface area contributed by atoms with Crippen LogP contribution in [0.4, 0.5) is 32.0 Å². The summed E-state index contributed by atoms with van der Waals surface area (Å²) >= 11 is 0. The molecule has 0 saturated heterocycles. The highest BCUT2D eigenvalue weighted by Gasteiger charge is 2.44. The zero-order valence-corrected chi connectivity index (χ0v) is 18.4. The summed E-state index contributed by atoms with van der Waals surface area (Å²) in [5.74, 6) is -1.46. The summed E-state index contributed by atoms with van der Waals surface area (Å²) in [7, 11) is -3.25. The number of rotatable bonds is 5. The van der Waals surface area contributed by atoms with E-state index in [-0.39, 0.29) is 22.1 Å². The molecule has 3 aromatic carbocycles. The van der Waals surface area contributed by atoms with Gasteiger partial charge < -0.3 is 14.2 Å². The molecule has 0 amide bonds. The number of alkyl halides is 6. The Morgan fingerprint density at radius 1 is 0.829 bits per heavy atom. The fraction of sp³-hybridized carbons (Fsp3) is 0.182. The van der Waals surface area contributed by atoms with Crippen LogP contribution in [0.15, 0.2) is 65.6 Å². The fourth-order valence-corrected chi connectivity index (χ4v) is 4.46. The number of halogens is 6. The monoisotopic (exact) mass is 519 g/mol. The average molecular weight is 519 g/mol. The maximum absolute atomic E-state index is 13.5. The van der Waals surface area contributed by atoms with Gasteiger partial charge in [0.1, 0.15) is 5.75 Å². The smallest absolute Gasteiger partial charge is 0.419 e. The molecule has 0 aromatic heterocycles. The first-order valence-electron chi connectivity index (χ1n) is 9.71. The normalized spacial score (nSPS) is 15.7. The van der Waals surface area contributed by atoms with Crippen molar-refractivity contribution in [2.24, 2.45) is 0 Å². The van der Waals surface area contributed by atoms with E-state index in [2.05, 4.69) is 9.46 Å². The zero-order chi connectivity index (χ0) is 25.6. The molecule has 35 heavy (non-hydrogen) atoms. The molecule has 1 N–H and O–H groups in total. The van der Waals surface area contributed by atoms with Gasteiger partial charge in [0.2, 0.25) is 0 Å². The number of fused-ring (bicyclic) bond motifs is 1. The van der Waals surface area contributed by atoms with Gasteiger partial charge in [0, 0.05) is 11.6 Å². The third-order valence-electron chi connectivity index (χ3n) is 4.92. The van der Waals surface area contributed by atoms with E-state index < -0.39 is 51.1 Å². The minimum atomic E-state index is -5.16. The standard InChI is InChI=1S/C22H15F6NO5S/c1-32-19-15(21(23,24)25)9-12(10-16(19)22(26,27)28)20-33-17-8-7-13(11-18(17)34-20)29-35(30,31)14-5-3-2-4-6-14/h2-11,20,29H,1H3. The Morgan fingerprint density at radius 3 is 1.94 bits per heavy atom. The molecule has 0 radical (unpaired) electrons. The lowest BCUT2D eigenvalue weighted by Crippen LogP contribution is -2.18. The predicted octanol–water partition coefficient (Wildman–Crippen LogP) is 6.00. The third kappa shape index (κ3) is 4.94. The van der Waals surface area contributed by atoms with Crippen LogP contribution in [0.2, 0.25) is 0 Å². The van der Waals surface area contributed by atoms with Crippen molar-refractivity contribution in [2.45, 2.75) is 23.5 Å². The summed E-state index contributed by atoms with van der Waals surface area (Å²) in [5, 5.41) is 0. The minimum Gasteiger partial charge on any atom is -0.495 e. The number of anilines is 1. The van der Waals surface area contributed by atoms with E-state index in [1.165, 1.54) is 42.5 Å². The van der Waals surface area contributed by atoms with E-state index in [9.17, 15) is 34.8 Å². The highest BCUT2D eigenvalue weighted by atomic mass is 32.2. The zero-order valence-electron chi connectivity index (χ0n) is 17.6. The van der Waals surface area contributed by atoms with E-state index >= 15 is 0 Å². The van der Waals surface area contributed by atoms with Gasteiger partial charge in [0.25, 0.3) is 16.3 Å². The number of ether oxygens (including phenoxy) is 3. The lowest BCUT2D eigenvalue weighted by molar-refractivity contribution is -0.145. The second-order valence-corrected chi connectivity index (χ2v) is 8.97. The summed E-state index contributed by atoms with van der Waals surface area (Å²) in [6.07, 6.45) is -12.0. The first-order chi connectivity index (χ1) is 16.3. The van der Waals surface area contributed by atoms with Gasteiger partial charge in [-0.25, -0.2) is 8.42 Å². The van der Waals surface area contributed by atoms with E-state index in [0.717, 1.165) is 0 Å². The second kappa shape index (κ2) is 8.56. The van der Waals surface area contributed by atoms with E-state index in [1.54, 1.807) is 6.07 Å². The van der Waals surface area contributed by atoms with Gasteiger partial charge >= 0.3 is 12.4 Å². The molecule has 0 aliphatic carbocycles.